The lowest BCUT2D eigenvalue weighted by Crippen LogP contribution is -2.23. The Morgan fingerprint density at radius 2 is 1.89 bits per heavy atom. The summed E-state index contributed by atoms with van der Waals surface area (Å²) in [5.41, 5.74) is 1.08. The maximum absolute atomic E-state index is 6.03. The Kier molecular flexibility index (Phi) is 4.72. The lowest BCUT2D eigenvalue weighted by atomic mass is 9.91. The van der Waals surface area contributed by atoms with Gasteiger partial charge in [0.15, 0.2) is 0 Å². The molecule has 2 unspecified atom stereocenters. The third kappa shape index (κ3) is 2.90. The van der Waals surface area contributed by atoms with Crippen LogP contribution in [0, 0.1) is 5.92 Å². The molecule has 1 aromatic carbocycles. The Bertz CT molecular complexity index is 372. The van der Waals surface area contributed by atoms with Gasteiger partial charge in [-0.05, 0) is 30.5 Å². The van der Waals surface area contributed by atoms with E-state index in [-0.39, 0.29) is 6.10 Å². The van der Waals surface area contributed by atoms with Gasteiger partial charge in [0.05, 0.1) is 20.3 Å². The maximum atomic E-state index is 6.03. The van der Waals surface area contributed by atoms with Crippen LogP contribution in [0.2, 0.25) is 0 Å². The molecule has 0 N–H and O–H groups in total. The number of alkyl halides is 1. The summed E-state index contributed by atoms with van der Waals surface area (Å²) in [4.78, 5) is 0. The van der Waals surface area contributed by atoms with E-state index in [4.69, 9.17) is 25.8 Å². The van der Waals surface area contributed by atoms with Crippen molar-refractivity contribution in [1.82, 2.24) is 0 Å². The van der Waals surface area contributed by atoms with E-state index >= 15 is 0 Å². The molecule has 4 heteroatoms. The molecule has 0 aromatic heterocycles. The average Bonchev–Trinajstić information content (AvgIpc) is 2.46. The molecule has 1 aliphatic rings. The highest BCUT2D eigenvalue weighted by Crippen LogP contribution is 2.37. The molecule has 0 spiro atoms. The highest BCUT2D eigenvalue weighted by molar-refractivity contribution is 6.18. The maximum Gasteiger partial charge on any atom is 0.122 e. The molecule has 100 valence electrons. The lowest BCUT2D eigenvalue weighted by molar-refractivity contribution is -0.0210. The van der Waals surface area contributed by atoms with Crippen LogP contribution in [0.1, 0.15) is 24.5 Å². The van der Waals surface area contributed by atoms with Gasteiger partial charge >= 0.3 is 0 Å². The Morgan fingerprint density at radius 1 is 1.22 bits per heavy atom. The van der Waals surface area contributed by atoms with Gasteiger partial charge in [0, 0.05) is 24.5 Å². The fourth-order valence-corrected chi connectivity index (χ4v) is 2.68. The third-order valence-electron chi connectivity index (χ3n) is 3.35. The van der Waals surface area contributed by atoms with Crippen LogP contribution in [-0.4, -0.2) is 26.7 Å². The van der Waals surface area contributed by atoms with E-state index in [1.807, 2.05) is 18.2 Å². The van der Waals surface area contributed by atoms with Gasteiger partial charge in [0.25, 0.3) is 0 Å². The van der Waals surface area contributed by atoms with E-state index in [2.05, 4.69) is 0 Å². The molecule has 1 fully saturated rings. The van der Waals surface area contributed by atoms with E-state index in [0.29, 0.717) is 11.8 Å². The molecule has 1 aliphatic heterocycles. The quantitative estimate of drug-likeness (QED) is 0.785. The second-order valence-electron chi connectivity index (χ2n) is 4.49. The van der Waals surface area contributed by atoms with Crippen LogP contribution in [0.4, 0.5) is 0 Å². The van der Waals surface area contributed by atoms with Gasteiger partial charge in [0.2, 0.25) is 0 Å². The first kappa shape index (κ1) is 13.5. The molecule has 0 bridgehead atoms. The highest BCUT2D eigenvalue weighted by atomic mass is 35.5. The molecule has 1 saturated heterocycles. The molecule has 0 saturated carbocycles. The van der Waals surface area contributed by atoms with Crippen molar-refractivity contribution in [3.63, 3.8) is 0 Å². The predicted octanol–water partition coefficient (Wildman–Crippen LogP) is 3.41. The van der Waals surface area contributed by atoms with Gasteiger partial charge < -0.3 is 14.2 Å². The van der Waals surface area contributed by atoms with Crippen molar-refractivity contribution in [2.75, 3.05) is 26.7 Å². The first-order valence-electron chi connectivity index (χ1n) is 6.19. The van der Waals surface area contributed by atoms with E-state index in [1.165, 1.54) is 0 Å². The second-order valence-corrected chi connectivity index (χ2v) is 4.80. The summed E-state index contributed by atoms with van der Waals surface area (Å²) in [5.74, 6) is 2.54. The van der Waals surface area contributed by atoms with Crippen molar-refractivity contribution in [3.8, 4) is 11.5 Å². The minimum atomic E-state index is 0.0419. The summed E-state index contributed by atoms with van der Waals surface area (Å²) in [5, 5.41) is 0. The van der Waals surface area contributed by atoms with Crippen molar-refractivity contribution in [3.05, 3.63) is 23.8 Å². The molecule has 1 heterocycles. The molecule has 3 nitrogen and oxygen atoms in total. The minimum absolute atomic E-state index is 0.0419. The van der Waals surface area contributed by atoms with Gasteiger partial charge in [-0.15, -0.1) is 11.6 Å². The van der Waals surface area contributed by atoms with Gasteiger partial charge in [0.1, 0.15) is 11.5 Å². The first-order chi connectivity index (χ1) is 8.78. The Labute approximate surface area is 113 Å². The van der Waals surface area contributed by atoms with Gasteiger partial charge in [-0.3, -0.25) is 0 Å². The van der Waals surface area contributed by atoms with Crippen molar-refractivity contribution in [2.45, 2.75) is 18.9 Å². The number of ether oxygens (including phenoxy) is 3. The topological polar surface area (TPSA) is 27.7 Å². The van der Waals surface area contributed by atoms with Crippen molar-refractivity contribution in [2.24, 2.45) is 5.92 Å². The molecule has 1 aromatic rings. The van der Waals surface area contributed by atoms with E-state index < -0.39 is 0 Å². The standard InChI is InChI=1S/C14H19ClO3/c1-16-12-6-11(7-13(8-12)17-2)14-10(9-15)4-3-5-18-14/h6-8,10,14H,3-5,9H2,1-2H3. The number of benzene rings is 1. The fraction of sp³-hybridized carbons (Fsp3) is 0.571. The third-order valence-corrected chi connectivity index (χ3v) is 3.74. The average molecular weight is 271 g/mol. The zero-order chi connectivity index (χ0) is 13.0. The van der Waals surface area contributed by atoms with Crippen LogP contribution < -0.4 is 9.47 Å². The monoisotopic (exact) mass is 270 g/mol. The fourth-order valence-electron chi connectivity index (χ4n) is 2.36. The van der Waals surface area contributed by atoms with Crippen LogP contribution in [0.3, 0.4) is 0 Å². The van der Waals surface area contributed by atoms with Gasteiger partial charge in [-0.2, -0.15) is 0 Å². The van der Waals surface area contributed by atoms with E-state index in [0.717, 1.165) is 36.5 Å². The molecular weight excluding hydrogens is 252 g/mol. The van der Waals surface area contributed by atoms with Crippen molar-refractivity contribution in [1.29, 1.82) is 0 Å². The van der Waals surface area contributed by atoms with Gasteiger partial charge in [-0.1, -0.05) is 0 Å². The van der Waals surface area contributed by atoms with Crippen LogP contribution in [0.5, 0.6) is 11.5 Å². The van der Waals surface area contributed by atoms with Gasteiger partial charge in [-0.25, -0.2) is 0 Å². The zero-order valence-electron chi connectivity index (χ0n) is 10.8. The largest absolute Gasteiger partial charge is 0.497 e. The summed E-state index contributed by atoms with van der Waals surface area (Å²) in [6.45, 7) is 0.789. The number of methoxy groups -OCH3 is 2. The number of hydrogen-bond acceptors (Lipinski definition) is 3. The summed E-state index contributed by atoms with van der Waals surface area (Å²) in [7, 11) is 3.30. The molecule has 0 aliphatic carbocycles. The van der Waals surface area contributed by atoms with Crippen LogP contribution in [0.15, 0.2) is 18.2 Å². The first-order valence-corrected chi connectivity index (χ1v) is 6.72. The summed E-state index contributed by atoms with van der Waals surface area (Å²) < 4.78 is 16.4. The van der Waals surface area contributed by atoms with E-state index in [1.54, 1.807) is 14.2 Å². The molecule has 18 heavy (non-hydrogen) atoms. The minimum Gasteiger partial charge on any atom is -0.497 e. The smallest absolute Gasteiger partial charge is 0.122 e. The van der Waals surface area contributed by atoms with Crippen molar-refractivity contribution >= 4 is 11.6 Å². The number of hydrogen-bond donors (Lipinski definition) is 0. The molecule has 2 atom stereocenters. The zero-order valence-corrected chi connectivity index (χ0v) is 11.6. The summed E-state index contributed by atoms with van der Waals surface area (Å²) in [6.07, 6.45) is 2.23. The van der Waals surface area contributed by atoms with Crippen LogP contribution in [-0.2, 0) is 4.74 Å². The predicted molar refractivity (Wildman–Crippen MR) is 71.7 cm³/mol. The van der Waals surface area contributed by atoms with Crippen LogP contribution >= 0.6 is 11.6 Å². The number of halogens is 1. The molecule has 2 rings (SSSR count). The molecule has 0 amide bonds. The Morgan fingerprint density at radius 3 is 2.44 bits per heavy atom. The normalized spacial score (nSPS) is 23.7. The number of rotatable bonds is 4. The second kappa shape index (κ2) is 6.30. The molecule has 0 radical (unpaired) electrons. The Balaban J connectivity index is 2.29. The highest BCUT2D eigenvalue weighted by Gasteiger charge is 2.27. The van der Waals surface area contributed by atoms with E-state index in [9.17, 15) is 0 Å². The lowest BCUT2D eigenvalue weighted by Gasteiger charge is -2.31. The van der Waals surface area contributed by atoms with Crippen molar-refractivity contribution < 1.29 is 14.2 Å². The summed E-state index contributed by atoms with van der Waals surface area (Å²) >= 11 is 6.03. The van der Waals surface area contributed by atoms with Crippen LogP contribution in [0.25, 0.3) is 0 Å². The summed E-state index contributed by atoms with van der Waals surface area (Å²) in [6, 6.07) is 5.86. The Hall–Kier alpha value is -0.930. The molecular formula is C14H19ClO3. The SMILES string of the molecule is COc1cc(OC)cc(C2OCCCC2CCl)c1.